The van der Waals surface area contributed by atoms with E-state index < -0.39 is 0 Å². The van der Waals surface area contributed by atoms with E-state index in [1.807, 2.05) is 12.1 Å². The van der Waals surface area contributed by atoms with E-state index in [0.717, 1.165) is 37.1 Å². The highest BCUT2D eigenvalue weighted by atomic mass is 35.5. The molecule has 44 heavy (non-hydrogen) atoms. The number of nitrogens with zero attached hydrogens (tertiary/aromatic N) is 2. The summed E-state index contributed by atoms with van der Waals surface area (Å²) in [7, 11) is 3.63. The van der Waals surface area contributed by atoms with Gasteiger partial charge in [0.05, 0.1) is 23.3 Å². The Labute approximate surface area is 268 Å². The van der Waals surface area contributed by atoms with Crippen LogP contribution >= 0.6 is 23.2 Å². The summed E-state index contributed by atoms with van der Waals surface area (Å²) in [6.45, 7) is 2.25. The van der Waals surface area contributed by atoms with Crippen LogP contribution in [0.15, 0.2) is 60.7 Å². The minimum Gasteiger partial charge on any atom is -0.496 e. The van der Waals surface area contributed by atoms with Gasteiger partial charge in [0.15, 0.2) is 0 Å². The second-order valence-corrected chi connectivity index (χ2v) is 12.3. The maximum Gasteiger partial charge on any atom is 0.262 e. The van der Waals surface area contributed by atoms with Crippen LogP contribution in [-0.2, 0) is 4.79 Å². The molecule has 232 valence electrons. The molecule has 0 bridgehead atoms. The molecule has 0 aromatic heterocycles. The van der Waals surface area contributed by atoms with Crippen molar-refractivity contribution < 1.29 is 19.1 Å². The molecule has 8 nitrogen and oxygen atoms in total. The molecule has 0 radical (unpaired) electrons. The van der Waals surface area contributed by atoms with Crippen molar-refractivity contribution in [1.82, 2.24) is 10.2 Å². The highest BCUT2D eigenvalue weighted by Crippen LogP contribution is 2.39. The Morgan fingerprint density at radius 3 is 2.50 bits per heavy atom. The largest absolute Gasteiger partial charge is 0.496 e. The van der Waals surface area contributed by atoms with Gasteiger partial charge in [0.1, 0.15) is 5.75 Å². The van der Waals surface area contributed by atoms with Crippen LogP contribution in [0.4, 0.5) is 11.4 Å². The number of anilines is 2. The van der Waals surface area contributed by atoms with E-state index in [4.69, 9.17) is 27.9 Å². The Morgan fingerprint density at radius 1 is 0.955 bits per heavy atom. The lowest BCUT2D eigenvalue weighted by atomic mass is 9.90. The van der Waals surface area contributed by atoms with Gasteiger partial charge in [0, 0.05) is 48.0 Å². The highest BCUT2D eigenvalue weighted by Gasteiger charge is 2.30. The standard InChI is InChI=1S/C34H38Cl2N4O4/c1-39-17-6-8-25(39)15-16-37-32(41)19-22-7-5-18-40(30-14-11-23(35)20-28(22)30)34(43)27-13-12-24(21-31(27)44-2)38-33(42)26-9-3-4-10-29(26)36/h3-4,9-14,20-22,25H,5-8,15-19H2,1-2H3,(H,37,41)(H,38,42). The topological polar surface area (TPSA) is 91.0 Å². The van der Waals surface area contributed by atoms with Gasteiger partial charge >= 0.3 is 0 Å². The number of rotatable bonds is 9. The van der Waals surface area contributed by atoms with Crippen molar-refractivity contribution in [1.29, 1.82) is 0 Å². The van der Waals surface area contributed by atoms with Crippen LogP contribution in [0, 0.1) is 0 Å². The normalized spacial score (nSPS) is 18.3. The first kappa shape index (κ1) is 31.8. The molecule has 2 aliphatic rings. The molecule has 3 aromatic carbocycles. The number of fused-ring (bicyclic) bond motifs is 1. The predicted molar refractivity (Wildman–Crippen MR) is 175 cm³/mol. The number of benzene rings is 3. The molecule has 2 heterocycles. The molecule has 2 aliphatic heterocycles. The zero-order valence-electron chi connectivity index (χ0n) is 25.1. The summed E-state index contributed by atoms with van der Waals surface area (Å²) >= 11 is 12.6. The first-order valence-electron chi connectivity index (χ1n) is 15.1. The van der Waals surface area contributed by atoms with Crippen molar-refractivity contribution >= 4 is 52.3 Å². The van der Waals surface area contributed by atoms with E-state index in [9.17, 15) is 14.4 Å². The summed E-state index contributed by atoms with van der Waals surface area (Å²) in [6, 6.07) is 17.7. The molecule has 0 spiro atoms. The van der Waals surface area contributed by atoms with Crippen molar-refractivity contribution in [2.75, 3.05) is 44.0 Å². The minimum atomic E-state index is -0.365. The maximum absolute atomic E-state index is 14.0. The van der Waals surface area contributed by atoms with Gasteiger partial charge in [-0.1, -0.05) is 35.3 Å². The molecule has 0 saturated carbocycles. The van der Waals surface area contributed by atoms with Crippen LogP contribution in [0.25, 0.3) is 0 Å². The van der Waals surface area contributed by atoms with Gasteiger partial charge in [0.25, 0.3) is 11.8 Å². The van der Waals surface area contributed by atoms with Gasteiger partial charge < -0.3 is 25.2 Å². The van der Waals surface area contributed by atoms with E-state index in [-0.39, 0.29) is 23.6 Å². The van der Waals surface area contributed by atoms with Crippen molar-refractivity contribution in [2.45, 2.75) is 50.5 Å². The van der Waals surface area contributed by atoms with Gasteiger partial charge in [-0.15, -0.1) is 0 Å². The summed E-state index contributed by atoms with van der Waals surface area (Å²) < 4.78 is 5.60. The molecular formula is C34H38Cl2N4O4. The Bertz CT molecular complexity index is 1530. The monoisotopic (exact) mass is 636 g/mol. The van der Waals surface area contributed by atoms with Crippen LogP contribution in [0.1, 0.15) is 70.7 Å². The Kier molecular flexibility index (Phi) is 10.5. The number of ether oxygens (including phenoxy) is 1. The number of methoxy groups -OCH3 is 1. The molecule has 1 fully saturated rings. The van der Waals surface area contributed by atoms with Crippen LogP contribution in [0.5, 0.6) is 5.75 Å². The third-order valence-corrected chi connectivity index (χ3v) is 9.18. The van der Waals surface area contributed by atoms with E-state index in [2.05, 4.69) is 22.6 Å². The van der Waals surface area contributed by atoms with Gasteiger partial charge in [-0.25, -0.2) is 0 Å². The number of nitrogens with one attached hydrogen (secondary N) is 2. The summed E-state index contributed by atoms with van der Waals surface area (Å²) in [4.78, 5) is 43.9. The third kappa shape index (κ3) is 7.37. The lowest BCUT2D eigenvalue weighted by Crippen LogP contribution is -2.32. The fraction of sp³-hybridized carbons (Fsp3) is 0.382. The van der Waals surface area contributed by atoms with Crippen LogP contribution in [0.3, 0.4) is 0 Å². The molecule has 5 rings (SSSR count). The lowest BCUT2D eigenvalue weighted by Gasteiger charge is -2.25. The summed E-state index contributed by atoms with van der Waals surface area (Å²) in [5, 5.41) is 6.84. The number of likely N-dealkylation sites (tertiary alicyclic amines) is 1. The molecular weight excluding hydrogens is 599 g/mol. The quantitative estimate of drug-likeness (QED) is 0.270. The molecule has 3 aromatic rings. The number of amides is 3. The van der Waals surface area contributed by atoms with Crippen LogP contribution < -0.4 is 20.3 Å². The molecule has 2 N–H and O–H groups in total. The zero-order chi connectivity index (χ0) is 31.2. The Balaban J connectivity index is 1.31. The molecule has 0 aliphatic carbocycles. The molecule has 10 heteroatoms. The minimum absolute atomic E-state index is 0.0115. The van der Waals surface area contributed by atoms with E-state index >= 15 is 0 Å². The van der Waals surface area contributed by atoms with Crippen LogP contribution in [-0.4, -0.2) is 62.5 Å². The maximum atomic E-state index is 14.0. The second kappa shape index (κ2) is 14.5. The predicted octanol–water partition coefficient (Wildman–Crippen LogP) is 6.77. The Hall–Kier alpha value is -3.59. The number of hydrogen-bond donors (Lipinski definition) is 2. The van der Waals surface area contributed by atoms with Crippen molar-refractivity contribution in [2.24, 2.45) is 0 Å². The zero-order valence-corrected chi connectivity index (χ0v) is 26.6. The van der Waals surface area contributed by atoms with Crippen LogP contribution in [0.2, 0.25) is 10.0 Å². The smallest absolute Gasteiger partial charge is 0.262 e. The number of carbonyl (C=O) groups is 3. The molecule has 1 saturated heterocycles. The SMILES string of the molecule is COc1cc(NC(=O)c2ccccc2Cl)ccc1C(=O)N1CCCC(CC(=O)NCCC2CCCN2C)c2cc(Cl)ccc21. The van der Waals surface area contributed by atoms with E-state index in [1.54, 1.807) is 53.4 Å². The second-order valence-electron chi connectivity index (χ2n) is 11.5. The lowest BCUT2D eigenvalue weighted by molar-refractivity contribution is -0.121. The average Bonchev–Trinajstić information content (AvgIpc) is 3.34. The van der Waals surface area contributed by atoms with E-state index in [0.29, 0.717) is 58.2 Å². The summed E-state index contributed by atoms with van der Waals surface area (Å²) in [5.41, 5.74) is 2.80. The van der Waals surface area contributed by atoms with Gasteiger partial charge in [-0.05, 0) is 99.6 Å². The third-order valence-electron chi connectivity index (χ3n) is 8.61. The first-order chi connectivity index (χ1) is 21.2. The molecule has 2 unspecified atom stereocenters. The fourth-order valence-corrected chi connectivity index (χ4v) is 6.65. The van der Waals surface area contributed by atoms with Crippen molar-refractivity contribution in [3.05, 3.63) is 87.4 Å². The number of hydrogen-bond acceptors (Lipinski definition) is 5. The molecule has 2 atom stereocenters. The van der Waals surface area contributed by atoms with Gasteiger partial charge in [0.2, 0.25) is 5.91 Å². The Morgan fingerprint density at radius 2 is 1.75 bits per heavy atom. The van der Waals surface area contributed by atoms with E-state index in [1.165, 1.54) is 20.0 Å². The van der Waals surface area contributed by atoms with Crippen molar-refractivity contribution in [3.63, 3.8) is 0 Å². The van der Waals surface area contributed by atoms with Crippen molar-refractivity contribution in [3.8, 4) is 5.75 Å². The summed E-state index contributed by atoms with van der Waals surface area (Å²) in [5.74, 6) is -0.329. The van der Waals surface area contributed by atoms with Gasteiger partial charge in [-0.3, -0.25) is 14.4 Å². The number of carbonyl (C=O) groups excluding carboxylic acids is 3. The van der Waals surface area contributed by atoms with Gasteiger partial charge in [-0.2, -0.15) is 0 Å². The average molecular weight is 638 g/mol. The number of halogens is 2. The highest BCUT2D eigenvalue weighted by molar-refractivity contribution is 6.34. The summed E-state index contributed by atoms with van der Waals surface area (Å²) in [6.07, 6.45) is 5.13. The fourth-order valence-electron chi connectivity index (χ4n) is 6.25. The molecule has 3 amide bonds. The first-order valence-corrected chi connectivity index (χ1v) is 15.8.